The second kappa shape index (κ2) is 5.64. The number of hydrogen-bond donors (Lipinski definition) is 1. The zero-order valence-electron chi connectivity index (χ0n) is 9.73. The molecule has 4 nitrogen and oxygen atoms in total. The van der Waals surface area contributed by atoms with Gasteiger partial charge in [0.15, 0.2) is 0 Å². The highest BCUT2D eigenvalue weighted by Crippen LogP contribution is 2.31. The molecule has 0 aromatic heterocycles. The van der Waals surface area contributed by atoms with Gasteiger partial charge in [0.1, 0.15) is 0 Å². The SMILES string of the molecule is O=C(O)CCN(CC1CC1)C1CCOCC1. The maximum Gasteiger partial charge on any atom is 0.304 e. The van der Waals surface area contributed by atoms with Crippen molar-refractivity contribution in [1.29, 1.82) is 0 Å². The highest BCUT2D eigenvalue weighted by molar-refractivity contribution is 5.66. The number of carboxylic acid groups (broad SMARTS) is 1. The molecule has 0 bridgehead atoms. The van der Waals surface area contributed by atoms with Crippen LogP contribution in [0.5, 0.6) is 0 Å². The Morgan fingerprint density at radius 2 is 1.94 bits per heavy atom. The number of carboxylic acids is 1. The number of rotatable bonds is 6. The van der Waals surface area contributed by atoms with Crippen molar-refractivity contribution in [2.24, 2.45) is 5.92 Å². The van der Waals surface area contributed by atoms with Crippen LogP contribution in [0.15, 0.2) is 0 Å². The number of nitrogens with zero attached hydrogens (tertiary/aromatic N) is 1. The van der Waals surface area contributed by atoms with Crippen molar-refractivity contribution < 1.29 is 14.6 Å². The van der Waals surface area contributed by atoms with Crippen molar-refractivity contribution in [3.8, 4) is 0 Å². The van der Waals surface area contributed by atoms with Gasteiger partial charge in [-0.2, -0.15) is 0 Å². The van der Waals surface area contributed by atoms with E-state index in [1.54, 1.807) is 0 Å². The van der Waals surface area contributed by atoms with Crippen LogP contribution in [0.1, 0.15) is 32.1 Å². The molecule has 0 unspecified atom stereocenters. The summed E-state index contributed by atoms with van der Waals surface area (Å²) in [6.45, 7) is 3.46. The van der Waals surface area contributed by atoms with E-state index in [1.165, 1.54) is 12.8 Å². The van der Waals surface area contributed by atoms with Gasteiger partial charge in [-0.15, -0.1) is 0 Å². The predicted octanol–water partition coefficient (Wildman–Crippen LogP) is 1.35. The van der Waals surface area contributed by atoms with Gasteiger partial charge < -0.3 is 9.84 Å². The third-order valence-corrected chi connectivity index (χ3v) is 3.51. The minimum absolute atomic E-state index is 0.268. The van der Waals surface area contributed by atoms with Crippen molar-refractivity contribution >= 4 is 5.97 Å². The first kappa shape index (κ1) is 11.9. The molecule has 1 saturated carbocycles. The van der Waals surface area contributed by atoms with E-state index < -0.39 is 5.97 Å². The topological polar surface area (TPSA) is 49.8 Å². The average Bonchev–Trinajstić information content (AvgIpc) is 3.09. The van der Waals surface area contributed by atoms with Crippen LogP contribution < -0.4 is 0 Å². The third-order valence-electron chi connectivity index (χ3n) is 3.51. The summed E-state index contributed by atoms with van der Waals surface area (Å²) < 4.78 is 5.35. The molecule has 1 saturated heterocycles. The lowest BCUT2D eigenvalue weighted by atomic mass is 10.1. The molecule has 0 spiro atoms. The molecule has 2 fully saturated rings. The van der Waals surface area contributed by atoms with Crippen LogP contribution in [0.25, 0.3) is 0 Å². The third kappa shape index (κ3) is 3.76. The van der Waals surface area contributed by atoms with Gasteiger partial charge in [-0.3, -0.25) is 9.69 Å². The van der Waals surface area contributed by atoms with E-state index in [9.17, 15) is 4.79 Å². The maximum absolute atomic E-state index is 10.6. The van der Waals surface area contributed by atoms with Crippen LogP contribution in [-0.4, -0.2) is 48.3 Å². The molecule has 1 aliphatic carbocycles. The summed E-state index contributed by atoms with van der Waals surface area (Å²) in [5, 5.41) is 8.76. The van der Waals surface area contributed by atoms with E-state index in [1.807, 2.05) is 0 Å². The van der Waals surface area contributed by atoms with Gasteiger partial charge in [0.05, 0.1) is 6.42 Å². The summed E-state index contributed by atoms with van der Waals surface area (Å²) in [6.07, 6.45) is 5.04. The minimum atomic E-state index is -0.687. The summed E-state index contributed by atoms with van der Waals surface area (Å²) >= 11 is 0. The van der Waals surface area contributed by atoms with Gasteiger partial charge in [0.2, 0.25) is 0 Å². The Bertz CT molecular complexity index is 234. The Balaban J connectivity index is 1.81. The first-order chi connectivity index (χ1) is 7.75. The molecule has 2 aliphatic rings. The fourth-order valence-electron chi connectivity index (χ4n) is 2.34. The van der Waals surface area contributed by atoms with Crippen LogP contribution in [0, 0.1) is 5.92 Å². The molecule has 0 atom stereocenters. The smallest absolute Gasteiger partial charge is 0.304 e. The van der Waals surface area contributed by atoms with E-state index in [0.29, 0.717) is 12.6 Å². The first-order valence-electron chi connectivity index (χ1n) is 6.29. The van der Waals surface area contributed by atoms with E-state index in [-0.39, 0.29) is 6.42 Å². The van der Waals surface area contributed by atoms with Crippen LogP contribution in [0.4, 0.5) is 0 Å². The normalized spacial score (nSPS) is 22.6. The van der Waals surface area contributed by atoms with E-state index in [4.69, 9.17) is 9.84 Å². The zero-order chi connectivity index (χ0) is 11.4. The van der Waals surface area contributed by atoms with Gasteiger partial charge in [-0.05, 0) is 31.6 Å². The van der Waals surface area contributed by atoms with E-state index in [2.05, 4.69) is 4.90 Å². The monoisotopic (exact) mass is 227 g/mol. The van der Waals surface area contributed by atoms with Gasteiger partial charge >= 0.3 is 5.97 Å². The molecule has 1 aliphatic heterocycles. The maximum atomic E-state index is 10.6. The highest BCUT2D eigenvalue weighted by Gasteiger charge is 2.29. The molecule has 16 heavy (non-hydrogen) atoms. The molecule has 92 valence electrons. The van der Waals surface area contributed by atoms with Crippen molar-refractivity contribution in [2.75, 3.05) is 26.3 Å². The molecule has 4 heteroatoms. The summed E-state index contributed by atoms with van der Waals surface area (Å²) in [6, 6.07) is 0.550. The number of aliphatic carboxylic acids is 1. The minimum Gasteiger partial charge on any atom is -0.481 e. The standard InChI is InChI=1S/C12H21NO3/c14-12(15)3-6-13(9-10-1-2-10)11-4-7-16-8-5-11/h10-11H,1-9H2,(H,14,15). The largest absolute Gasteiger partial charge is 0.481 e. The average molecular weight is 227 g/mol. The summed E-state index contributed by atoms with van der Waals surface area (Å²) in [7, 11) is 0. The zero-order valence-corrected chi connectivity index (χ0v) is 9.73. The van der Waals surface area contributed by atoms with Gasteiger partial charge in [0.25, 0.3) is 0 Å². The Morgan fingerprint density at radius 3 is 2.50 bits per heavy atom. The molecule has 1 N–H and O–H groups in total. The van der Waals surface area contributed by atoms with E-state index in [0.717, 1.165) is 38.5 Å². The second-order valence-corrected chi connectivity index (χ2v) is 4.93. The lowest BCUT2D eigenvalue weighted by Crippen LogP contribution is -2.41. The summed E-state index contributed by atoms with van der Waals surface area (Å²) in [5.41, 5.74) is 0. The van der Waals surface area contributed by atoms with Crippen molar-refractivity contribution in [2.45, 2.75) is 38.1 Å². The van der Waals surface area contributed by atoms with E-state index >= 15 is 0 Å². The molecule has 2 rings (SSSR count). The van der Waals surface area contributed by atoms with Crippen LogP contribution >= 0.6 is 0 Å². The van der Waals surface area contributed by atoms with Crippen molar-refractivity contribution in [3.63, 3.8) is 0 Å². The quantitative estimate of drug-likeness (QED) is 0.744. The van der Waals surface area contributed by atoms with Gasteiger partial charge in [-0.1, -0.05) is 0 Å². The highest BCUT2D eigenvalue weighted by atomic mass is 16.5. The fraction of sp³-hybridized carbons (Fsp3) is 0.917. The molecule has 0 aromatic carbocycles. The molecular formula is C12H21NO3. The lowest BCUT2D eigenvalue weighted by Gasteiger charge is -2.34. The summed E-state index contributed by atoms with van der Waals surface area (Å²) in [4.78, 5) is 13.0. The number of carbonyl (C=O) groups is 1. The van der Waals surface area contributed by atoms with Crippen LogP contribution in [-0.2, 0) is 9.53 Å². The molecular weight excluding hydrogens is 206 g/mol. The van der Waals surface area contributed by atoms with Crippen molar-refractivity contribution in [3.05, 3.63) is 0 Å². The molecule has 0 aromatic rings. The Hall–Kier alpha value is -0.610. The Morgan fingerprint density at radius 1 is 1.25 bits per heavy atom. The molecule has 0 radical (unpaired) electrons. The Kier molecular flexibility index (Phi) is 4.18. The van der Waals surface area contributed by atoms with Gasteiger partial charge in [0, 0.05) is 32.3 Å². The summed E-state index contributed by atoms with van der Waals surface area (Å²) in [5.74, 6) is 0.143. The first-order valence-corrected chi connectivity index (χ1v) is 6.29. The fourth-order valence-corrected chi connectivity index (χ4v) is 2.34. The van der Waals surface area contributed by atoms with Gasteiger partial charge in [-0.25, -0.2) is 0 Å². The predicted molar refractivity (Wildman–Crippen MR) is 60.4 cm³/mol. The van der Waals surface area contributed by atoms with Crippen LogP contribution in [0.2, 0.25) is 0 Å². The van der Waals surface area contributed by atoms with Crippen molar-refractivity contribution in [1.82, 2.24) is 4.90 Å². The second-order valence-electron chi connectivity index (χ2n) is 4.93. The lowest BCUT2D eigenvalue weighted by molar-refractivity contribution is -0.137. The molecule has 1 heterocycles. The molecule has 0 amide bonds. The Labute approximate surface area is 96.6 Å². The number of ether oxygens (including phenoxy) is 1. The van der Waals surface area contributed by atoms with Crippen LogP contribution in [0.3, 0.4) is 0 Å². The number of hydrogen-bond acceptors (Lipinski definition) is 3.